The summed E-state index contributed by atoms with van der Waals surface area (Å²) in [6, 6.07) is 20.3. The Balaban J connectivity index is -0.000000139. The van der Waals surface area contributed by atoms with Crippen molar-refractivity contribution in [2.45, 2.75) is 131 Å². The molecule has 0 bridgehead atoms. The van der Waals surface area contributed by atoms with Crippen LogP contribution in [0.5, 0.6) is 0 Å². The van der Waals surface area contributed by atoms with E-state index in [2.05, 4.69) is 18.7 Å². The summed E-state index contributed by atoms with van der Waals surface area (Å²) in [5, 5.41) is 27.1. The summed E-state index contributed by atoms with van der Waals surface area (Å²) in [5.74, 6) is 0.908. The van der Waals surface area contributed by atoms with Crippen LogP contribution in [0.3, 0.4) is 0 Å². The van der Waals surface area contributed by atoms with Crippen LogP contribution in [-0.4, -0.2) is 32.6 Å². The fourth-order valence-corrected chi connectivity index (χ4v) is 3.72. The third kappa shape index (κ3) is 28.6. The molecule has 1 saturated carbocycles. The minimum atomic E-state index is -0.546. The smallest absolute Gasteiger partial charge is 0.0594 e. The van der Waals surface area contributed by atoms with E-state index in [1.54, 1.807) is 13.8 Å². The van der Waals surface area contributed by atoms with Crippen LogP contribution in [0.4, 0.5) is 0 Å². The normalized spacial score (nSPS) is 13.1. The molecule has 0 aliphatic heterocycles. The van der Waals surface area contributed by atoms with Crippen LogP contribution in [0.15, 0.2) is 67.2 Å². The Morgan fingerprint density at radius 3 is 1.63 bits per heavy atom. The Hall–Kier alpha value is -1.94. The van der Waals surface area contributed by atoms with E-state index in [1.165, 1.54) is 49.7 Å². The fraction of sp³-hybridized carbons (Fsp3) is 0.600. The summed E-state index contributed by atoms with van der Waals surface area (Å²) in [6.07, 6.45) is 12.7. The summed E-state index contributed by atoms with van der Waals surface area (Å²) in [6.45, 7) is 14.6. The number of aliphatic hydroxyl groups excluding tert-OH is 1. The minimum absolute atomic E-state index is 0. The van der Waals surface area contributed by atoms with Gasteiger partial charge in [-0.15, -0.1) is 0 Å². The summed E-state index contributed by atoms with van der Waals surface area (Å²) in [7, 11) is 0. The minimum Gasteiger partial charge on any atom is -0.394 e. The predicted molar refractivity (Wildman–Crippen MR) is 175 cm³/mol. The third-order valence-electron chi connectivity index (χ3n) is 5.79. The SMILES string of the molecule is C.C.C=Cc1ccccc1.CC(C)(O)CCC1CCCCC1.CC(C)(O)CCc1ccccc1.CC(C)O.[3HH].[HH]. The van der Waals surface area contributed by atoms with Crippen LogP contribution in [0.25, 0.3) is 6.08 Å². The van der Waals surface area contributed by atoms with Crippen LogP contribution in [-0.2, 0) is 6.42 Å². The molecule has 3 N–H and O–H groups in total. The molecule has 224 valence electrons. The Morgan fingerprint density at radius 2 is 1.26 bits per heavy atom. The third-order valence-corrected chi connectivity index (χ3v) is 5.79. The van der Waals surface area contributed by atoms with Gasteiger partial charge in [-0.2, -0.15) is 0 Å². The molecule has 2 aromatic carbocycles. The molecule has 0 atom stereocenters. The molecular weight excluding hydrogens is 468 g/mol. The van der Waals surface area contributed by atoms with Gasteiger partial charge in [0.2, 0.25) is 0 Å². The average molecular weight is 537 g/mol. The molecule has 2 aromatic rings. The molecule has 0 heterocycles. The van der Waals surface area contributed by atoms with Gasteiger partial charge in [-0.1, -0.05) is 120 Å². The first kappa shape index (κ1) is 40.6. The van der Waals surface area contributed by atoms with Gasteiger partial charge in [0.1, 0.15) is 0 Å². The predicted octanol–water partition coefficient (Wildman–Crippen LogP) is 9.99. The second-order valence-corrected chi connectivity index (χ2v) is 11.4. The highest BCUT2D eigenvalue weighted by Crippen LogP contribution is 2.29. The van der Waals surface area contributed by atoms with Gasteiger partial charge in [-0.05, 0) is 84.3 Å². The molecule has 3 heteroatoms. The van der Waals surface area contributed by atoms with Crippen molar-refractivity contribution >= 4 is 6.08 Å². The molecule has 3 nitrogen and oxygen atoms in total. The Morgan fingerprint density at radius 1 is 0.842 bits per heavy atom. The zero-order chi connectivity index (χ0) is 27.5. The van der Waals surface area contributed by atoms with Crippen molar-refractivity contribution in [1.82, 2.24) is 0 Å². The number of aliphatic hydroxyl groups is 3. The van der Waals surface area contributed by atoms with Gasteiger partial charge in [-0.25, -0.2) is 0 Å². The Bertz CT molecular complexity index is 758. The standard InChI is InChI=1S/C11H22O.C11H16O.C8H8.C3H8O.2CH4.2H2/c2*1-11(2,12)9-8-10-6-4-3-5-7-10;1-2-8-6-4-3-5-7-8;1-3(2)4;;;;/h10,12H,3-9H2,1-2H3;3-7,12H,8-9H2,1-2H3;2-7H,1H2;3-4H,1-2H3;2*1H4;2*1H/i;;;;;;1+2;. The van der Waals surface area contributed by atoms with E-state index in [0.29, 0.717) is 0 Å². The van der Waals surface area contributed by atoms with Crippen molar-refractivity contribution < 1.29 is 18.2 Å². The first-order valence-electron chi connectivity index (χ1n) is 13.7. The molecule has 1 aliphatic carbocycles. The number of rotatable bonds is 7. The molecule has 0 radical (unpaired) electrons. The summed E-state index contributed by atoms with van der Waals surface area (Å²) in [4.78, 5) is 0. The van der Waals surface area contributed by atoms with E-state index in [0.717, 1.165) is 25.2 Å². The monoisotopic (exact) mass is 537 g/mol. The van der Waals surface area contributed by atoms with Gasteiger partial charge in [0, 0.05) is 8.96 Å². The van der Waals surface area contributed by atoms with E-state index in [4.69, 9.17) is 5.11 Å². The lowest BCUT2D eigenvalue weighted by molar-refractivity contribution is 0.0612. The maximum Gasteiger partial charge on any atom is 0.0594 e. The van der Waals surface area contributed by atoms with E-state index in [9.17, 15) is 10.2 Å². The number of benzene rings is 2. The molecule has 38 heavy (non-hydrogen) atoms. The zero-order valence-corrected chi connectivity index (χ0v) is 23.9. The lowest BCUT2D eigenvalue weighted by atomic mass is 9.84. The molecule has 1 fully saturated rings. The highest BCUT2D eigenvalue weighted by molar-refractivity contribution is 5.45. The molecule has 3 rings (SSSR count). The molecule has 0 spiro atoms. The lowest BCUT2D eigenvalue weighted by Crippen LogP contribution is -2.20. The topological polar surface area (TPSA) is 60.7 Å². The summed E-state index contributed by atoms with van der Waals surface area (Å²) in [5.41, 5.74) is 1.47. The summed E-state index contributed by atoms with van der Waals surface area (Å²) >= 11 is 0. The second kappa shape index (κ2) is 23.0. The second-order valence-electron chi connectivity index (χ2n) is 11.4. The fourth-order valence-electron chi connectivity index (χ4n) is 3.72. The van der Waals surface area contributed by atoms with E-state index >= 15 is 0 Å². The number of hydrogen-bond acceptors (Lipinski definition) is 3. The number of aryl methyl sites for hydroxylation is 1. The van der Waals surface area contributed by atoms with Crippen LogP contribution < -0.4 is 0 Å². The van der Waals surface area contributed by atoms with Gasteiger partial charge in [0.25, 0.3) is 0 Å². The maximum atomic E-state index is 9.55. The van der Waals surface area contributed by atoms with E-state index in [1.807, 2.05) is 82.3 Å². The molecule has 0 aromatic heterocycles. The highest BCUT2D eigenvalue weighted by atomic mass is 16.3. The van der Waals surface area contributed by atoms with Crippen LogP contribution in [0.1, 0.15) is 122 Å². The summed E-state index contributed by atoms with van der Waals surface area (Å²) < 4.78 is 0. The maximum absolute atomic E-state index is 9.55. The highest BCUT2D eigenvalue weighted by Gasteiger charge is 2.18. The van der Waals surface area contributed by atoms with Gasteiger partial charge in [0.15, 0.2) is 0 Å². The average Bonchev–Trinajstić information content (AvgIpc) is 2.83. The molecular formula is C35H66O3. The molecule has 0 unspecified atom stereocenters. The number of hydrogen-bond donors (Lipinski definition) is 3. The van der Waals surface area contributed by atoms with Crippen molar-refractivity contribution in [1.29, 1.82) is 0 Å². The van der Waals surface area contributed by atoms with Crippen molar-refractivity contribution in [2.24, 2.45) is 5.92 Å². The van der Waals surface area contributed by atoms with Crippen molar-refractivity contribution in [3.63, 3.8) is 0 Å². The zero-order valence-electron chi connectivity index (χ0n) is 23.9. The largest absolute Gasteiger partial charge is 0.394 e. The van der Waals surface area contributed by atoms with Crippen molar-refractivity contribution in [2.75, 3.05) is 0 Å². The molecule has 1 aliphatic rings. The van der Waals surface area contributed by atoms with Crippen LogP contribution in [0.2, 0.25) is 0 Å². The van der Waals surface area contributed by atoms with Crippen LogP contribution >= 0.6 is 0 Å². The molecule has 0 amide bonds. The first-order chi connectivity index (χ1) is 16.8. The van der Waals surface area contributed by atoms with Gasteiger partial charge in [-0.3, -0.25) is 0 Å². The lowest BCUT2D eigenvalue weighted by Gasteiger charge is -2.25. The Labute approximate surface area is 240 Å². The van der Waals surface area contributed by atoms with E-state index in [-0.39, 0.29) is 23.8 Å². The molecule has 0 saturated heterocycles. The van der Waals surface area contributed by atoms with Crippen molar-refractivity contribution in [3.8, 4) is 0 Å². The van der Waals surface area contributed by atoms with Gasteiger partial charge >= 0.3 is 0 Å². The van der Waals surface area contributed by atoms with Crippen LogP contribution in [0, 0.1) is 5.92 Å². The Kier molecular flexibility index (Phi) is 24.5. The van der Waals surface area contributed by atoms with E-state index < -0.39 is 11.2 Å². The van der Waals surface area contributed by atoms with Crippen molar-refractivity contribution in [3.05, 3.63) is 78.4 Å². The quantitative estimate of drug-likeness (QED) is 0.330. The van der Waals surface area contributed by atoms with Gasteiger partial charge in [0.05, 0.1) is 11.2 Å². The van der Waals surface area contributed by atoms with Gasteiger partial charge < -0.3 is 15.3 Å². The first-order valence-corrected chi connectivity index (χ1v) is 13.7.